The molecule has 2 aromatic heterocycles. The number of pyridine rings is 2. The lowest BCUT2D eigenvalue weighted by atomic mass is 9.85. The summed E-state index contributed by atoms with van der Waals surface area (Å²) < 4.78 is 33.9. The molecular weight excluding hydrogens is 480 g/mol. The Labute approximate surface area is 212 Å². The number of hydrogen-bond acceptors (Lipinski definition) is 7. The zero-order chi connectivity index (χ0) is 26.2. The van der Waals surface area contributed by atoms with Crippen LogP contribution < -0.4 is 5.32 Å². The standard InChI is InChI=1S/C26H32N4O5S/c1-4-35-19-26(2,3)21-13-11-20(12-14-21)17-30(36(33,34)24-10-5-6-15-27-24)18-22-8-7-9-23(29-22)28-16-25(31)32/h5-15H,4,16-19H2,1-3H3,(H,28,29)(H,31,32). The molecule has 0 amide bonds. The Morgan fingerprint density at radius 3 is 2.44 bits per heavy atom. The molecule has 3 aromatic rings. The molecule has 0 fully saturated rings. The van der Waals surface area contributed by atoms with E-state index < -0.39 is 16.0 Å². The molecule has 10 heteroatoms. The fraction of sp³-hybridized carbons (Fsp3) is 0.346. The van der Waals surface area contributed by atoms with Crippen LogP contribution in [0.4, 0.5) is 5.82 Å². The van der Waals surface area contributed by atoms with Gasteiger partial charge >= 0.3 is 5.97 Å². The van der Waals surface area contributed by atoms with E-state index in [1.807, 2.05) is 31.2 Å². The Morgan fingerprint density at radius 1 is 1.06 bits per heavy atom. The first kappa shape index (κ1) is 27.3. The van der Waals surface area contributed by atoms with Crippen molar-refractivity contribution < 1.29 is 23.1 Å². The van der Waals surface area contributed by atoms with Crippen molar-refractivity contribution in [2.45, 2.75) is 44.3 Å². The van der Waals surface area contributed by atoms with Gasteiger partial charge in [0.05, 0.1) is 18.8 Å². The minimum Gasteiger partial charge on any atom is -0.480 e. The van der Waals surface area contributed by atoms with Gasteiger partial charge in [-0.1, -0.05) is 50.2 Å². The van der Waals surface area contributed by atoms with Crippen LogP contribution in [0.5, 0.6) is 0 Å². The van der Waals surface area contributed by atoms with Crippen molar-refractivity contribution in [3.63, 3.8) is 0 Å². The van der Waals surface area contributed by atoms with E-state index in [0.29, 0.717) is 24.7 Å². The van der Waals surface area contributed by atoms with E-state index in [2.05, 4.69) is 29.1 Å². The van der Waals surface area contributed by atoms with Gasteiger partial charge < -0.3 is 15.2 Å². The van der Waals surface area contributed by atoms with Crippen molar-refractivity contribution in [3.8, 4) is 0 Å². The lowest BCUT2D eigenvalue weighted by molar-refractivity contribution is -0.134. The highest BCUT2D eigenvalue weighted by molar-refractivity contribution is 7.89. The largest absolute Gasteiger partial charge is 0.480 e. The van der Waals surface area contributed by atoms with Crippen molar-refractivity contribution in [1.82, 2.24) is 14.3 Å². The number of carbonyl (C=O) groups is 1. The van der Waals surface area contributed by atoms with E-state index in [1.165, 1.54) is 16.6 Å². The summed E-state index contributed by atoms with van der Waals surface area (Å²) in [4.78, 5) is 19.3. The molecule has 0 saturated heterocycles. The quantitative estimate of drug-likeness (QED) is 0.356. The molecule has 192 valence electrons. The number of carboxylic acids is 1. The first-order valence-corrected chi connectivity index (χ1v) is 13.1. The molecular formula is C26H32N4O5S. The first-order valence-electron chi connectivity index (χ1n) is 11.6. The van der Waals surface area contributed by atoms with Crippen LogP contribution in [0, 0.1) is 0 Å². The molecule has 0 radical (unpaired) electrons. The van der Waals surface area contributed by atoms with E-state index in [9.17, 15) is 13.2 Å². The van der Waals surface area contributed by atoms with Gasteiger partial charge in [0.25, 0.3) is 10.0 Å². The van der Waals surface area contributed by atoms with Gasteiger partial charge in [0.2, 0.25) is 0 Å². The van der Waals surface area contributed by atoms with Gasteiger partial charge in [0, 0.05) is 24.8 Å². The predicted molar refractivity (Wildman–Crippen MR) is 137 cm³/mol. The third-order valence-electron chi connectivity index (χ3n) is 5.57. The second-order valence-electron chi connectivity index (χ2n) is 8.92. The molecule has 9 nitrogen and oxygen atoms in total. The second kappa shape index (κ2) is 12.1. The van der Waals surface area contributed by atoms with Gasteiger partial charge in [-0.05, 0) is 42.3 Å². The van der Waals surface area contributed by atoms with E-state index >= 15 is 0 Å². The Bertz CT molecular complexity index is 1250. The van der Waals surface area contributed by atoms with Crippen molar-refractivity contribution in [2.24, 2.45) is 0 Å². The van der Waals surface area contributed by atoms with Crippen LogP contribution in [0.15, 0.2) is 71.9 Å². The van der Waals surface area contributed by atoms with E-state index in [0.717, 1.165) is 11.1 Å². The summed E-state index contributed by atoms with van der Waals surface area (Å²) in [5, 5.41) is 11.6. The third-order valence-corrected chi connectivity index (χ3v) is 7.28. The summed E-state index contributed by atoms with van der Waals surface area (Å²) in [6, 6.07) is 17.6. The fourth-order valence-electron chi connectivity index (χ4n) is 3.58. The molecule has 0 spiro atoms. The van der Waals surface area contributed by atoms with Gasteiger partial charge in [0.15, 0.2) is 5.03 Å². The average Bonchev–Trinajstić information content (AvgIpc) is 2.87. The zero-order valence-electron chi connectivity index (χ0n) is 20.7. The second-order valence-corrected chi connectivity index (χ2v) is 10.8. The third kappa shape index (κ3) is 7.33. The van der Waals surface area contributed by atoms with Crippen LogP contribution >= 0.6 is 0 Å². The van der Waals surface area contributed by atoms with Crippen molar-refractivity contribution in [2.75, 3.05) is 25.1 Å². The van der Waals surface area contributed by atoms with Gasteiger partial charge in [-0.3, -0.25) is 4.79 Å². The molecule has 0 atom stereocenters. The maximum absolute atomic E-state index is 13.5. The number of nitrogens with one attached hydrogen (secondary N) is 1. The monoisotopic (exact) mass is 512 g/mol. The van der Waals surface area contributed by atoms with E-state index in [4.69, 9.17) is 9.84 Å². The number of rotatable bonds is 13. The van der Waals surface area contributed by atoms with Crippen LogP contribution in [0.1, 0.15) is 37.6 Å². The fourth-order valence-corrected chi connectivity index (χ4v) is 4.91. The molecule has 36 heavy (non-hydrogen) atoms. The number of hydrogen-bond donors (Lipinski definition) is 2. The zero-order valence-corrected chi connectivity index (χ0v) is 21.5. The normalized spacial score (nSPS) is 12.0. The Morgan fingerprint density at radius 2 is 1.81 bits per heavy atom. The summed E-state index contributed by atoms with van der Waals surface area (Å²) in [7, 11) is -3.94. The van der Waals surface area contributed by atoms with Gasteiger partial charge in [-0.2, -0.15) is 4.31 Å². The molecule has 3 rings (SSSR count). The molecule has 0 unspecified atom stereocenters. The van der Waals surface area contributed by atoms with E-state index in [-0.39, 0.29) is 30.1 Å². The van der Waals surface area contributed by atoms with Crippen molar-refractivity contribution in [1.29, 1.82) is 0 Å². The molecule has 0 aliphatic carbocycles. The molecule has 0 aliphatic rings. The SMILES string of the molecule is CCOCC(C)(C)c1ccc(CN(Cc2cccc(NCC(=O)O)n2)S(=O)(=O)c2ccccn2)cc1. The highest BCUT2D eigenvalue weighted by Crippen LogP contribution is 2.25. The Kier molecular flexibility index (Phi) is 9.14. The van der Waals surface area contributed by atoms with Crippen LogP contribution in [0.2, 0.25) is 0 Å². The average molecular weight is 513 g/mol. The van der Waals surface area contributed by atoms with Gasteiger partial charge in [-0.15, -0.1) is 0 Å². The molecule has 2 heterocycles. The number of aromatic nitrogens is 2. The number of carboxylic acid groups (broad SMARTS) is 1. The number of aliphatic carboxylic acids is 1. The number of sulfonamides is 1. The highest BCUT2D eigenvalue weighted by Gasteiger charge is 2.27. The van der Waals surface area contributed by atoms with E-state index in [1.54, 1.807) is 30.3 Å². The summed E-state index contributed by atoms with van der Waals surface area (Å²) in [5.74, 6) is -0.666. The predicted octanol–water partition coefficient (Wildman–Crippen LogP) is 3.68. The highest BCUT2D eigenvalue weighted by atomic mass is 32.2. The van der Waals surface area contributed by atoms with Gasteiger partial charge in [-0.25, -0.2) is 18.4 Å². The summed E-state index contributed by atoms with van der Waals surface area (Å²) in [6.45, 7) is 7.20. The number of ether oxygens (including phenoxy) is 1. The summed E-state index contributed by atoms with van der Waals surface area (Å²) >= 11 is 0. The van der Waals surface area contributed by atoms with Crippen molar-refractivity contribution >= 4 is 21.8 Å². The molecule has 1 aromatic carbocycles. The van der Waals surface area contributed by atoms with Crippen LogP contribution in [-0.2, 0) is 38.1 Å². The topological polar surface area (TPSA) is 122 Å². The maximum Gasteiger partial charge on any atom is 0.322 e. The van der Waals surface area contributed by atoms with Crippen LogP contribution in [-0.4, -0.2) is 53.5 Å². The Hall–Kier alpha value is -3.34. The Balaban J connectivity index is 1.88. The number of benzene rings is 1. The van der Waals surface area contributed by atoms with Crippen molar-refractivity contribution in [3.05, 3.63) is 83.7 Å². The lowest BCUT2D eigenvalue weighted by Gasteiger charge is -2.26. The summed E-state index contributed by atoms with van der Waals surface area (Å²) in [6.07, 6.45) is 1.44. The minimum atomic E-state index is -3.94. The lowest BCUT2D eigenvalue weighted by Crippen LogP contribution is -2.31. The molecule has 2 N–H and O–H groups in total. The van der Waals surface area contributed by atoms with Crippen LogP contribution in [0.25, 0.3) is 0 Å². The van der Waals surface area contributed by atoms with Gasteiger partial charge in [0.1, 0.15) is 12.4 Å². The van der Waals surface area contributed by atoms with Crippen LogP contribution in [0.3, 0.4) is 0 Å². The summed E-state index contributed by atoms with van der Waals surface area (Å²) in [5.41, 5.74) is 2.20. The first-order chi connectivity index (χ1) is 17.1. The molecule has 0 saturated carbocycles. The molecule has 0 bridgehead atoms. The smallest absolute Gasteiger partial charge is 0.322 e. The molecule has 0 aliphatic heterocycles. The maximum atomic E-state index is 13.5. The number of anilines is 1. The number of nitrogens with zero attached hydrogens (tertiary/aromatic N) is 3. The minimum absolute atomic E-state index is 0.0148.